The van der Waals surface area contributed by atoms with E-state index in [2.05, 4.69) is 31.6 Å². The molecule has 0 aliphatic carbocycles. The Morgan fingerprint density at radius 3 is 2.59 bits per heavy atom. The molecule has 3 amide bonds. The van der Waals surface area contributed by atoms with Crippen LogP contribution >= 0.6 is 15.9 Å². The first-order chi connectivity index (χ1) is 16.2. The number of morpholine rings is 1. The van der Waals surface area contributed by atoms with Gasteiger partial charge in [-0.2, -0.15) is 0 Å². The number of hydrogen-bond donors (Lipinski definition) is 4. The molecule has 34 heavy (non-hydrogen) atoms. The van der Waals surface area contributed by atoms with E-state index in [1.165, 1.54) is 4.90 Å². The molecule has 1 aliphatic heterocycles. The summed E-state index contributed by atoms with van der Waals surface area (Å²) in [5.41, 5.74) is 10.9. The Morgan fingerprint density at radius 2 is 1.94 bits per heavy atom. The van der Waals surface area contributed by atoms with Crippen molar-refractivity contribution in [1.29, 1.82) is 0 Å². The number of alkyl halides is 1. The van der Waals surface area contributed by atoms with Crippen molar-refractivity contribution in [3.63, 3.8) is 0 Å². The summed E-state index contributed by atoms with van der Waals surface area (Å²) in [6.07, 6.45) is 0.455. The number of Topliss-reactive ketones (excluding diaryl/α,β-unsaturated/α-hetero) is 1. The monoisotopic (exact) mass is 542 g/mol. The molecule has 0 radical (unpaired) electrons. The van der Waals surface area contributed by atoms with Crippen molar-refractivity contribution in [2.24, 2.45) is 16.5 Å². The van der Waals surface area contributed by atoms with Gasteiger partial charge in [0, 0.05) is 23.1 Å². The Bertz CT molecular complexity index is 909. The average molecular weight is 543 g/mol. The van der Waals surface area contributed by atoms with Crippen LogP contribution in [0.5, 0.6) is 0 Å². The second kappa shape index (κ2) is 13.6. The first-order valence-electron chi connectivity index (χ1n) is 10.6. The van der Waals surface area contributed by atoms with Crippen molar-refractivity contribution in [2.45, 2.75) is 24.9 Å². The minimum Gasteiger partial charge on any atom is -0.377 e. The molecule has 6 N–H and O–H groups in total. The second-order valence-corrected chi connectivity index (χ2v) is 8.39. The largest absolute Gasteiger partial charge is 0.377 e. The van der Waals surface area contributed by atoms with E-state index >= 15 is 0 Å². The van der Waals surface area contributed by atoms with Crippen LogP contribution in [0.2, 0.25) is 0 Å². The van der Waals surface area contributed by atoms with Crippen molar-refractivity contribution in [2.75, 3.05) is 39.5 Å². The molecule has 1 fully saturated rings. The maximum Gasteiger partial charge on any atom is 0.251 e. The van der Waals surface area contributed by atoms with Gasteiger partial charge < -0.3 is 31.7 Å². The number of nitrogens with zero attached hydrogens (tertiary/aromatic N) is 2. The maximum absolute atomic E-state index is 13.0. The van der Waals surface area contributed by atoms with E-state index in [0.717, 1.165) is 4.47 Å². The SMILES string of the molecule is NC(N)=NCCC[C@H](NC(=O)[C@@H]1COCCN1C(=O)CNC(=O)c1ccc(Br)cc1)C(=O)CF. The van der Waals surface area contributed by atoms with E-state index in [-0.39, 0.29) is 45.2 Å². The van der Waals surface area contributed by atoms with Crippen LogP contribution < -0.4 is 22.1 Å². The summed E-state index contributed by atoms with van der Waals surface area (Å²) in [6, 6.07) is 4.48. The molecule has 1 aromatic rings. The van der Waals surface area contributed by atoms with Crippen molar-refractivity contribution < 1.29 is 28.3 Å². The van der Waals surface area contributed by atoms with Gasteiger partial charge in [-0.25, -0.2) is 4.39 Å². The van der Waals surface area contributed by atoms with Crippen LogP contribution in [0.25, 0.3) is 0 Å². The number of amides is 3. The molecule has 0 saturated carbocycles. The molecule has 1 aliphatic rings. The molecule has 0 unspecified atom stereocenters. The van der Waals surface area contributed by atoms with E-state index in [1.807, 2.05) is 0 Å². The van der Waals surface area contributed by atoms with Gasteiger partial charge in [-0.3, -0.25) is 24.2 Å². The first-order valence-corrected chi connectivity index (χ1v) is 11.4. The molecule has 1 aromatic carbocycles. The number of aliphatic imine (C=N–C) groups is 1. The molecule has 2 rings (SSSR count). The van der Waals surface area contributed by atoms with Gasteiger partial charge in [-0.15, -0.1) is 0 Å². The molecule has 11 nitrogen and oxygen atoms in total. The molecule has 13 heteroatoms. The third kappa shape index (κ3) is 8.37. The van der Waals surface area contributed by atoms with Crippen molar-refractivity contribution in [1.82, 2.24) is 15.5 Å². The lowest BCUT2D eigenvalue weighted by Gasteiger charge is -2.35. The van der Waals surface area contributed by atoms with Gasteiger partial charge in [0.25, 0.3) is 5.91 Å². The normalized spacial score (nSPS) is 16.3. The summed E-state index contributed by atoms with van der Waals surface area (Å²) < 4.78 is 19.1. The van der Waals surface area contributed by atoms with E-state index < -0.39 is 42.3 Å². The predicted octanol–water partition coefficient (Wildman–Crippen LogP) is -0.517. The number of guanidine groups is 1. The fourth-order valence-corrected chi connectivity index (χ4v) is 3.52. The van der Waals surface area contributed by atoms with Gasteiger partial charge in [0.2, 0.25) is 11.8 Å². The topological polar surface area (TPSA) is 169 Å². The van der Waals surface area contributed by atoms with Crippen LogP contribution in [0.4, 0.5) is 4.39 Å². The molecule has 0 bridgehead atoms. The van der Waals surface area contributed by atoms with Crippen molar-refractivity contribution in [3.8, 4) is 0 Å². The average Bonchev–Trinajstić information content (AvgIpc) is 2.83. The van der Waals surface area contributed by atoms with Gasteiger partial charge in [-0.1, -0.05) is 15.9 Å². The lowest BCUT2D eigenvalue weighted by atomic mass is 10.1. The van der Waals surface area contributed by atoms with Crippen LogP contribution in [-0.2, 0) is 19.1 Å². The van der Waals surface area contributed by atoms with Crippen LogP contribution in [-0.4, -0.2) is 86.0 Å². The molecule has 1 saturated heterocycles. The number of hydrogen-bond acceptors (Lipinski definition) is 6. The van der Waals surface area contributed by atoms with Crippen LogP contribution in [0, 0.1) is 0 Å². The predicted molar refractivity (Wildman–Crippen MR) is 126 cm³/mol. The maximum atomic E-state index is 13.0. The Kier molecular flexibility index (Phi) is 10.9. The number of nitrogens with two attached hydrogens (primary N) is 2. The zero-order chi connectivity index (χ0) is 25.1. The summed E-state index contributed by atoms with van der Waals surface area (Å²) in [5, 5.41) is 5.03. The number of carbonyl (C=O) groups excluding carboxylic acids is 4. The van der Waals surface area contributed by atoms with Gasteiger partial charge in [0.1, 0.15) is 12.7 Å². The Labute approximate surface area is 204 Å². The highest BCUT2D eigenvalue weighted by molar-refractivity contribution is 9.10. The number of carbonyl (C=O) groups is 4. The number of rotatable bonds is 11. The van der Waals surface area contributed by atoms with Crippen LogP contribution in [0.1, 0.15) is 23.2 Å². The Hall–Kier alpha value is -3.06. The summed E-state index contributed by atoms with van der Waals surface area (Å²) >= 11 is 3.28. The number of ketones is 1. The Morgan fingerprint density at radius 1 is 1.24 bits per heavy atom. The molecule has 2 atom stereocenters. The lowest BCUT2D eigenvalue weighted by Crippen LogP contribution is -2.59. The van der Waals surface area contributed by atoms with Crippen LogP contribution in [0.3, 0.4) is 0 Å². The van der Waals surface area contributed by atoms with Crippen molar-refractivity contribution in [3.05, 3.63) is 34.3 Å². The summed E-state index contributed by atoms with van der Waals surface area (Å²) in [6.45, 7) is -1.13. The van der Waals surface area contributed by atoms with Crippen molar-refractivity contribution >= 4 is 45.4 Å². The Balaban J connectivity index is 1.97. The van der Waals surface area contributed by atoms with E-state index in [9.17, 15) is 23.6 Å². The standard InChI is InChI=1S/C21H28BrFN6O5/c22-14-5-3-13(4-6-14)19(32)27-11-18(31)29-8-9-34-12-16(29)20(33)28-15(17(30)10-23)2-1-7-26-21(24)25/h3-6,15-16H,1-2,7-12H2,(H,27,32)(H,28,33)(H4,24,25,26)/t15-,16-/m0/s1. The minimum absolute atomic E-state index is 0.0945. The highest BCUT2D eigenvalue weighted by Gasteiger charge is 2.34. The molecule has 0 spiro atoms. The van der Waals surface area contributed by atoms with Gasteiger partial charge in [-0.05, 0) is 37.1 Å². The highest BCUT2D eigenvalue weighted by atomic mass is 79.9. The first kappa shape index (κ1) is 27.2. The number of ether oxygens (including phenoxy) is 1. The fourth-order valence-electron chi connectivity index (χ4n) is 3.26. The molecular weight excluding hydrogens is 515 g/mol. The zero-order valence-corrected chi connectivity index (χ0v) is 20.1. The fraction of sp³-hybridized carbons (Fsp3) is 0.476. The van der Waals surface area contributed by atoms with Gasteiger partial charge in [0.15, 0.2) is 11.7 Å². The van der Waals surface area contributed by atoms with E-state index in [0.29, 0.717) is 12.0 Å². The highest BCUT2D eigenvalue weighted by Crippen LogP contribution is 2.12. The van der Waals surface area contributed by atoms with Gasteiger partial charge >= 0.3 is 0 Å². The van der Waals surface area contributed by atoms with E-state index in [1.54, 1.807) is 24.3 Å². The van der Waals surface area contributed by atoms with Crippen LogP contribution in [0.15, 0.2) is 33.7 Å². The summed E-state index contributed by atoms with van der Waals surface area (Å²) in [7, 11) is 0. The molecule has 1 heterocycles. The second-order valence-electron chi connectivity index (χ2n) is 7.48. The van der Waals surface area contributed by atoms with Gasteiger partial charge in [0.05, 0.1) is 25.8 Å². The minimum atomic E-state index is -1.25. The third-order valence-corrected chi connectivity index (χ3v) is 5.57. The molecule has 0 aromatic heterocycles. The summed E-state index contributed by atoms with van der Waals surface area (Å²) in [5.74, 6) is -2.49. The smallest absolute Gasteiger partial charge is 0.251 e. The quantitative estimate of drug-likeness (QED) is 0.165. The molecular formula is C21H28BrFN6O5. The number of benzene rings is 1. The third-order valence-electron chi connectivity index (χ3n) is 5.04. The lowest BCUT2D eigenvalue weighted by molar-refractivity contribution is -0.148. The zero-order valence-electron chi connectivity index (χ0n) is 18.5. The summed E-state index contributed by atoms with van der Waals surface area (Å²) in [4.78, 5) is 54.9. The molecule has 186 valence electrons. The van der Waals surface area contributed by atoms with E-state index in [4.69, 9.17) is 16.2 Å². The number of halogens is 2. The number of nitrogens with one attached hydrogen (secondary N) is 2.